The summed E-state index contributed by atoms with van der Waals surface area (Å²) in [4.78, 5) is 39.4. The van der Waals surface area contributed by atoms with Crippen molar-refractivity contribution in [1.29, 1.82) is 0 Å². The summed E-state index contributed by atoms with van der Waals surface area (Å²) in [6.45, 7) is 0. The molecule has 0 aliphatic rings. The molecule has 10 heteroatoms. The number of anilines is 2. The predicted molar refractivity (Wildman–Crippen MR) is 106 cm³/mol. The van der Waals surface area contributed by atoms with Gasteiger partial charge in [0.15, 0.2) is 0 Å². The Morgan fingerprint density at radius 3 is 2.39 bits per heavy atom. The SMILES string of the molecule is COC(=O)/N=C(\NC(=O)OC)Nc1ccc(Sc2ccccc2)cc1NC=O. The average Bonchev–Trinajstić information content (AvgIpc) is 2.70. The van der Waals surface area contributed by atoms with Crippen LogP contribution in [0.25, 0.3) is 0 Å². The molecular weight excluding hydrogens is 384 g/mol. The van der Waals surface area contributed by atoms with Crippen molar-refractivity contribution in [2.24, 2.45) is 4.99 Å². The Kier molecular flexibility index (Phi) is 7.85. The van der Waals surface area contributed by atoms with Gasteiger partial charge in [-0.05, 0) is 30.3 Å². The van der Waals surface area contributed by atoms with Gasteiger partial charge in [0.1, 0.15) is 0 Å². The number of hydrogen-bond donors (Lipinski definition) is 3. The Balaban J connectivity index is 2.28. The summed E-state index contributed by atoms with van der Waals surface area (Å²) in [5, 5.41) is 7.59. The first kappa shape index (κ1) is 20.8. The molecule has 3 N–H and O–H groups in total. The summed E-state index contributed by atoms with van der Waals surface area (Å²) >= 11 is 1.51. The molecule has 28 heavy (non-hydrogen) atoms. The van der Waals surface area contributed by atoms with E-state index in [0.29, 0.717) is 17.8 Å². The summed E-state index contributed by atoms with van der Waals surface area (Å²) in [6, 6.07) is 14.9. The highest BCUT2D eigenvalue weighted by Crippen LogP contribution is 2.32. The lowest BCUT2D eigenvalue weighted by Gasteiger charge is -2.14. The van der Waals surface area contributed by atoms with Gasteiger partial charge in [-0.2, -0.15) is 0 Å². The van der Waals surface area contributed by atoms with Crippen LogP contribution >= 0.6 is 11.8 Å². The minimum absolute atomic E-state index is 0.226. The van der Waals surface area contributed by atoms with E-state index in [4.69, 9.17) is 0 Å². The van der Waals surface area contributed by atoms with E-state index in [9.17, 15) is 14.4 Å². The van der Waals surface area contributed by atoms with Crippen molar-refractivity contribution in [2.45, 2.75) is 9.79 Å². The second-order valence-corrected chi connectivity index (χ2v) is 6.20. The van der Waals surface area contributed by atoms with Gasteiger partial charge in [-0.3, -0.25) is 10.1 Å². The molecule has 2 aromatic carbocycles. The molecule has 0 fully saturated rings. The number of rotatable bonds is 5. The molecule has 2 aromatic rings. The summed E-state index contributed by atoms with van der Waals surface area (Å²) in [5.41, 5.74) is 0.809. The van der Waals surface area contributed by atoms with Crippen molar-refractivity contribution in [3.8, 4) is 0 Å². The third-order valence-electron chi connectivity index (χ3n) is 3.22. The predicted octanol–water partition coefficient (Wildman–Crippen LogP) is 3.30. The maximum absolute atomic E-state index is 11.5. The van der Waals surface area contributed by atoms with Gasteiger partial charge < -0.3 is 20.1 Å². The van der Waals surface area contributed by atoms with E-state index in [2.05, 4.69) is 30.4 Å². The van der Waals surface area contributed by atoms with Crippen LogP contribution in [0.1, 0.15) is 0 Å². The van der Waals surface area contributed by atoms with E-state index in [1.807, 2.05) is 36.4 Å². The zero-order valence-corrected chi connectivity index (χ0v) is 15.9. The van der Waals surface area contributed by atoms with Gasteiger partial charge in [-0.15, -0.1) is 4.99 Å². The van der Waals surface area contributed by atoms with E-state index < -0.39 is 12.2 Å². The number of aliphatic imine (C=N–C) groups is 1. The Morgan fingerprint density at radius 1 is 1.00 bits per heavy atom. The number of nitrogens with one attached hydrogen (secondary N) is 3. The zero-order valence-electron chi connectivity index (χ0n) is 15.1. The molecule has 0 aliphatic heterocycles. The number of benzene rings is 2. The number of methoxy groups -OCH3 is 2. The second kappa shape index (κ2) is 10.6. The quantitative estimate of drug-likeness (QED) is 0.399. The lowest BCUT2D eigenvalue weighted by atomic mass is 10.2. The fourth-order valence-electron chi connectivity index (χ4n) is 2.00. The van der Waals surface area contributed by atoms with Gasteiger partial charge in [0.25, 0.3) is 0 Å². The summed E-state index contributed by atoms with van der Waals surface area (Å²) < 4.78 is 8.96. The highest BCUT2D eigenvalue weighted by Gasteiger charge is 2.12. The van der Waals surface area contributed by atoms with E-state index in [-0.39, 0.29) is 5.96 Å². The number of alkyl carbamates (subject to hydrolysis) is 1. The monoisotopic (exact) mass is 402 g/mol. The lowest BCUT2D eigenvalue weighted by Crippen LogP contribution is -2.36. The van der Waals surface area contributed by atoms with Gasteiger partial charge in [-0.25, -0.2) is 9.59 Å². The molecule has 0 saturated carbocycles. The fourth-order valence-corrected chi connectivity index (χ4v) is 2.88. The number of carbonyl (C=O) groups excluding carboxylic acids is 3. The number of amides is 3. The van der Waals surface area contributed by atoms with E-state index in [1.165, 1.54) is 18.9 Å². The number of nitrogens with zero attached hydrogens (tertiary/aromatic N) is 1. The molecule has 0 unspecified atom stereocenters. The summed E-state index contributed by atoms with van der Waals surface area (Å²) in [5.74, 6) is -0.226. The van der Waals surface area contributed by atoms with Crippen molar-refractivity contribution < 1.29 is 23.9 Å². The van der Waals surface area contributed by atoms with Gasteiger partial charge in [0.05, 0.1) is 25.6 Å². The first-order valence-electron chi connectivity index (χ1n) is 7.91. The highest BCUT2D eigenvalue weighted by molar-refractivity contribution is 7.99. The first-order chi connectivity index (χ1) is 13.5. The Morgan fingerprint density at radius 2 is 1.75 bits per heavy atom. The van der Waals surface area contributed by atoms with Gasteiger partial charge >= 0.3 is 12.2 Å². The molecule has 0 radical (unpaired) electrons. The van der Waals surface area contributed by atoms with Crippen LogP contribution in [0.15, 0.2) is 63.3 Å². The standard InChI is InChI=1S/C18H18N4O5S/c1-26-17(24)21-16(22-18(25)27-2)20-14-9-8-13(10-15(14)19-11-23)28-12-6-4-3-5-7-12/h3-11H,1-2H3,(H,19,23)(H2,20,21,22,24,25). The van der Waals surface area contributed by atoms with Crippen molar-refractivity contribution >= 4 is 47.7 Å². The highest BCUT2D eigenvalue weighted by atomic mass is 32.2. The maximum atomic E-state index is 11.5. The third kappa shape index (κ3) is 6.32. The number of guanidine groups is 1. The zero-order chi connectivity index (χ0) is 20.4. The van der Waals surface area contributed by atoms with Gasteiger partial charge in [0.2, 0.25) is 12.4 Å². The van der Waals surface area contributed by atoms with Crippen molar-refractivity contribution in [2.75, 3.05) is 24.9 Å². The number of ether oxygens (including phenoxy) is 2. The Bertz CT molecular complexity index is 874. The molecule has 0 aliphatic carbocycles. The minimum Gasteiger partial charge on any atom is -0.453 e. The molecule has 0 spiro atoms. The van der Waals surface area contributed by atoms with Crippen LogP contribution in [-0.4, -0.2) is 38.8 Å². The molecule has 9 nitrogen and oxygen atoms in total. The van der Waals surface area contributed by atoms with Gasteiger partial charge in [-0.1, -0.05) is 30.0 Å². The molecule has 0 saturated heterocycles. The number of carbonyl (C=O) groups is 3. The minimum atomic E-state index is -0.931. The Labute approximate surface area is 165 Å². The average molecular weight is 402 g/mol. The molecule has 3 amide bonds. The summed E-state index contributed by atoms with van der Waals surface area (Å²) in [7, 11) is 2.32. The van der Waals surface area contributed by atoms with E-state index >= 15 is 0 Å². The van der Waals surface area contributed by atoms with Crippen molar-refractivity contribution in [3.05, 3.63) is 48.5 Å². The van der Waals surface area contributed by atoms with Crippen LogP contribution in [-0.2, 0) is 14.3 Å². The van der Waals surface area contributed by atoms with Crippen LogP contribution in [0.2, 0.25) is 0 Å². The van der Waals surface area contributed by atoms with Crippen LogP contribution in [0.4, 0.5) is 21.0 Å². The van der Waals surface area contributed by atoms with Crippen molar-refractivity contribution in [3.63, 3.8) is 0 Å². The molecular formula is C18H18N4O5S. The lowest BCUT2D eigenvalue weighted by molar-refractivity contribution is -0.105. The van der Waals surface area contributed by atoms with Crippen LogP contribution < -0.4 is 16.0 Å². The topological polar surface area (TPSA) is 118 Å². The van der Waals surface area contributed by atoms with E-state index in [1.54, 1.807) is 12.1 Å². The van der Waals surface area contributed by atoms with Crippen molar-refractivity contribution in [1.82, 2.24) is 5.32 Å². The van der Waals surface area contributed by atoms with Crippen LogP contribution in [0.3, 0.4) is 0 Å². The Hall–Kier alpha value is -3.53. The fraction of sp³-hybridized carbons (Fsp3) is 0.111. The summed E-state index contributed by atoms with van der Waals surface area (Å²) in [6.07, 6.45) is -1.25. The molecule has 0 bridgehead atoms. The largest absolute Gasteiger partial charge is 0.453 e. The first-order valence-corrected chi connectivity index (χ1v) is 8.73. The normalized spacial score (nSPS) is 10.6. The molecule has 0 heterocycles. The molecule has 2 rings (SSSR count). The van der Waals surface area contributed by atoms with Gasteiger partial charge in [0, 0.05) is 9.79 Å². The second-order valence-electron chi connectivity index (χ2n) is 5.06. The molecule has 0 aromatic heterocycles. The maximum Gasteiger partial charge on any atom is 0.436 e. The molecule has 0 atom stereocenters. The van der Waals surface area contributed by atoms with E-state index in [0.717, 1.165) is 16.9 Å². The molecule has 146 valence electrons. The third-order valence-corrected chi connectivity index (χ3v) is 4.22. The van der Waals surface area contributed by atoms with Crippen LogP contribution in [0, 0.1) is 0 Å². The van der Waals surface area contributed by atoms with Crippen LogP contribution in [0.5, 0.6) is 0 Å². The smallest absolute Gasteiger partial charge is 0.436 e. The number of hydrogen-bond acceptors (Lipinski definition) is 6.